The number of sulfonamides is 1. The van der Waals surface area contributed by atoms with Gasteiger partial charge in [0, 0.05) is 6.54 Å². The number of alkyl halides is 3. The molecule has 0 amide bonds. The van der Waals surface area contributed by atoms with Crippen molar-refractivity contribution < 1.29 is 21.6 Å². The summed E-state index contributed by atoms with van der Waals surface area (Å²) in [6.07, 6.45) is -5.72. The highest BCUT2D eigenvalue weighted by Crippen LogP contribution is 2.41. The second kappa shape index (κ2) is 4.69. The maximum absolute atomic E-state index is 12.8. The fourth-order valence-electron chi connectivity index (χ4n) is 1.51. The molecule has 0 aliphatic rings. The molecule has 0 aromatic carbocycles. The van der Waals surface area contributed by atoms with Crippen LogP contribution in [-0.4, -0.2) is 25.9 Å². The zero-order valence-corrected chi connectivity index (χ0v) is 9.80. The van der Waals surface area contributed by atoms with Gasteiger partial charge in [-0.1, -0.05) is 20.8 Å². The maximum Gasteiger partial charge on any atom is 0.409 e. The van der Waals surface area contributed by atoms with Crippen LogP contribution in [0.15, 0.2) is 0 Å². The highest BCUT2D eigenvalue weighted by atomic mass is 32.2. The summed E-state index contributed by atoms with van der Waals surface area (Å²) in [6.45, 7) is 3.86. The van der Waals surface area contributed by atoms with Crippen LogP contribution in [0.4, 0.5) is 13.2 Å². The monoisotopic (exact) mass is 247 g/mol. The van der Waals surface area contributed by atoms with Gasteiger partial charge in [0.25, 0.3) is 0 Å². The third-order valence-electron chi connectivity index (χ3n) is 2.51. The minimum absolute atomic E-state index is 0.0415. The molecule has 0 unspecified atom stereocenters. The average molecular weight is 247 g/mol. The number of rotatable bonds is 5. The zero-order chi connectivity index (χ0) is 12.3. The number of hydrogen-bond donors (Lipinski definition) is 1. The summed E-state index contributed by atoms with van der Waals surface area (Å²) in [5.74, 6) is 0. The summed E-state index contributed by atoms with van der Waals surface area (Å²) < 4.78 is 60.6. The Hall–Kier alpha value is -0.300. The minimum atomic E-state index is -4.75. The van der Waals surface area contributed by atoms with Crippen molar-refractivity contribution >= 4 is 10.0 Å². The Kier molecular flexibility index (Phi) is 4.60. The molecule has 3 nitrogen and oxygen atoms in total. The summed E-state index contributed by atoms with van der Waals surface area (Å²) in [4.78, 5) is 0. The highest BCUT2D eigenvalue weighted by Gasteiger charge is 2.61. The maximum atomic E-state index is 12.8. The van der Waals surface area contributed by atoms with Crippen LogP contribution < -0.4 is 4.72 Å². The Morgan fingerprint density at radius 1 is 1.07 bits per heavy atom. The normalized spacial score (nSPS) is 14.3. The van der Waals surface area contributed by atoms with Crippen molar-refractivity contribution in [3.05, 3.63) is 0 Å². The first-order valence-corrected chi connectivity index (χ1v) is 6.22. The van der Waals surface area contributed by atoms with Crippen LogP contribution in [0.3, 0.4) is 0 Å². The smallest absolute Gasteiger partial charge is 0.215 e. The number of halogens is 3. The summed E-state index contributed by atoms with van der Waals surface area (Å²) >= 11 is 0. The Morgan fingerprint density at radius 3 is 1.67 bits per heavy atom. The lowest BCUT2D eigenvalue weighted by Gasteiger charge is -2.33. The van der Waals surface area contributed by atoms with E-state index in [-0.39, 0.29) is 6.54 Å². The van der Waals surface area contributed by atoms with Gasteiger partial charge in [-0.15, -0.1) is 0 Å². The molecule has 0 spiro atoms. The molecule has 0 atom stereocenters. The van der Waals surface area contributed by atoms with Crippen LogP contribution in [0.1, 0.15) is 33.6 Å². The van der Waals surface area contributed by atoms with Crippen LogP contribution >= 0.6 is 0 Å². The molecule has 0 aliphatic carbocycles. The van der Waals surface area contributed by atoms with Gasteiger partial charge < -0.3 is 0 Å². The molecule has 0 radical (unpaired) electrons. The first kappa shape index (κ1) is 14.7. The van der Waals surface area contributed by atoms with Crippen LogP contribution in [-0.2, 0) is 10.0 Å². The predicted octanol–water partition coefficient (Wildman–Crippen LogP) is 2.05. The topological polar surface area (TPSA) is 46.2 Å². The molecule has 0 saturated carbocycles. The van der Waals surface area contributed by atoms with Crippen LogP contribution in [0.2, 0.25) is 0 Å². The molecule has 7 heteroatoms. The van der Waals surface area contributed by atoms with E-state index in [1.54, 1.807) is 0 Å². The van der Waals surface area contributed by atoms with Gasteiger partial charge in [-0.05, 0) is 12.8 Å². The van der Waals surface area contributed by atoms with Crippen molar-refractivity contribution in [3.63, 3.8) is 0 Å². The second-order valence-electron chi connectivity index (χ2n) is 3.20. The summed E-state index contributed by atoms with van der Waals surface area (Å²) in [7, 11) is -4.37. The Labute approximate surface area is 88.1 Å². The van der Waals surface area contributed by atoms with Gasteiger partial charge in [-0.25, -0.2) is 13.1 Å². The predicted molar refractivity (Wildman–Crippen MR) is 52.0 cm³/mol. The lowest BCUT2D eigenvalue weighted by Crippen LogP contribution is -2.55. The molecular formula is C8H16F3NO2S. The Morgan fingerprint density at radius 2 is 1.47 bits per heavy atom. The fraction of sp³-hybridized carbons (Fsp3) is 1.00. The van der Waals surface area contributed by atoms with E-state index in [1.807, 2.05) is 4.72 Å². The first-order chi connectivity index (χ1) is 6.68. The average Bonchev–Trinajstić information content (AvgIpc) is 2.03. The van der Waals surface area contributed by atoms with Crippen LogP contribution in [0.5, 0.6) is 0 Å². The van der Waals surface area contributed by atoms with Gasteiger partial charge in [0.05, 0.1) is 0 Å². The highest BCUT2D eigenvalue weighted by molar-refractivity contribution is 7.91. The van der Waals surface area contributed by atoms with Crippen LogP contribution in [0.25, 0.3) is 0 Å². The summed E-state index contributed by atoms with van der Waals surface area (Å²) in [5.41, 5.74) is 0. The van der Waals surface area contributed by atoms with Crippen molar-refractivity contribution in [2.75, 3.05) is 6.54 Å². The minimum Gasteiger partial charge on any atom is -0.215 e. The van der Waals surface area contributed by atoms with E-state index in [9.17, 15) is 21.6 Å². The molecule has 0 aliphatic heterocycles. The molecule has 0 heterocycles. The molecule has 0 aromatic heterocycles. The van der Waals surface area contributed by atoms with Crippen molar-refractivity contribution in [2.45, 2.75) is 44.5 Å². The largest absolute Gasteiger partial charge is 0.409 e. The molecule has 0 rings (SSSR count). The van der Waals surface area contributed by atoms with E-state index in [2.05, 4.69) is 0 Å². The summed E-state index contributed by atoms with van der Waals surface area (Å²) in [6, 6.07) is 0. The molecule has 0 bridgehead atoms. The van der Waals surface area contributed by atoms with Gasteiger partial charge in [0.1, 0.15) is 0 Å². The van der Waals surface area contributed by atoms with Gasteiger partial charge in [0.2, 0.25) is 10.0 Å². The lowest BCUT2D eigenvalue weighted by molar-refractivity contribution is -0.163. The van der Waals surface area contributed by atoms with Gasteiger partial charge >= 0.3 is 6.18 Å². The van der Waals surface area contributed by atoms with Crippen molar-refractivity contribution in [2.24, 2.45) is 0 Å². The van der Waals surface area contributed by atoms with Crippen molar-refractivity contribution in [1.29, 1.82) is 0 Å². The summed E-state index contributed by atoms with van der Waals surface area (Å²) in [5, 5.41) is 0. The van der Waals surface area contributed by atoms with E-state index >= 15 is 0 Å². The third kappa shape index (κ3) is 2.44. The Balaban J connectivity index is 5.49. The number of hydrogen-bond acceptors (Lipinski definition) is 2. The van der Waals surface area contributed by atoms with E-state index in [0.29, 0.717) is 0 Å². The van der Waals surface area contributed by atoms with Crippen molar-refractivity contribution in [1.82, 2.24) is 4.72 Å². The molecule has 0 saturated heterocycles. The fourth-order valence-corrected chi connectivity index (χ4v) is 3.23. The molecule has 15 heavy (non-hydrogen) atoms. The standard InChI is InChI=1S/C8H16F3NO2S/c1-4-7(5-2,8(9,10)11)15(13,14)12-6-3/h12H,4-6H2,1-3H3. The molecule has 1 N–H and O–H groups in total. The van der Waals surface area contributed by atoms with Crippen molar-refractivity contribution in [3.8, 4) is 0 Å². The van der Waals surface area contributed by atoms with E-state index in [1.165, 1.54) is 20.8 Å². The van der Waals surface area contributed by atoms with Gasteiger partial charge in [-0.3, -0.25) is 0 Å². The number of nitrogens with one attached hydrogen (secondary N) is 1. The molecular weight excluding hydrogens is 231 g/mol. The SMILES string of the molecule is CCNS(=O)(=O)C(CC)(CC)C(F)(F)F. The zero-order valence-electron chi connectivity index (χ0n) is 8.98. The Bertz CT molecular complexity index is 293. The van der Waals surface area contributed by atoms with Gasteiger partial charge in [-0.2, -0.15) is 13.2 Å². The molecule has 92 valence electrons. The first-order valence-electron chi connectivity index (χ1n) is 4.74. The quantitative estimate of drug-likeness (QED) is 0.808. The van der Waals surface area contributed by atoms with Gasteiger partial charge in [0.15, 0.2) is 4.75 Å². The molecule has 0 fully saturated rings. The van der Waals surface area contributed by atoms with Crippen LogP contribution in [0, 0.1) is 0 Å². The second-order valence-corrected chi connectivity index (χ2v) is 5.28. The van der Waals surface area contributed by atoms with E-state index < -0.39 is 33.8 Å². The van der Waals surface area contributed by atoms with E-state index in [0.717, 1.165) is 0 Å². The molecule has 0 aromatic rings. The lowest BCUT2D eigenvalue weighted by atomic mass is 10.0. The third-order valence-corrected chi connectivity index (χ3v) is 5.01. The van der Waals surface area contributed by atoms with E-state index in [4.69, 9.17) is 0 Å².